The highest BCUT2D eigenvalue weighted by molar-refractivity contribution is 6.34. The van der Waals surface area contributed by atoms with Crippen molar-refractivity contribution in [2.45, 2.75) is 57.0 Å². The Morgan fingerprint density at radius 3 is 2.46 bits per heavy atom. The van der Waals surface area contributed by atoms with Crippen LogP contribution in [-0.2, 0) is 0 Å². The van der Waals surface area contributed by atoms with Crippen LogP contribution in [0.15, 0.2) is 18.2 Å². The fourth-order valence-corrected chi connectivity index (χ4v) is 7.82. The van der Waals surface area contributed by atoms with Crippen LogP contribution in [0.2, 0.25) is 5.02 Å². The molecular formula is C23H30ClN3O. The Morgan fingerprint density at radius 2 is 1.86 bits per heavy atom. The van der Waals surface area contributed by atoms with Crippen LogP contribution < -0.4 is 15.5 Å². The Hall–Kier alpha value is -1.26. The average molecular weight is 400 g/mol. The number of benzene rings is 1. The monoisotopic (exact) mass is 399 g/mol. The van der Waals surface area contributed by atoms with E-state index in [1.54, 1.807) is 0 Å². The molecule has 7 rings (SSSR count). The third-order valence-corrected chi connectivity index (χ3v) is 8.70. The molecule has 2 aliphatic heterocycles. The molecular weight excluding hydrogens is 370 g/mol. The number of fused-ring (bicyclic) bond motifs is 2. The van der Waals surface area contributed by atoms with Gasteiger partial charge in [-0.1, -0.05) is 11.6 Å². The number of nitrogens with zero attached hydrogens (tertiary/aromatic N) is 1. The molecule has 1 aromatic rings. The lowest BCUT2D eigenvalue weighted by Crippen LogP contribution is -2.51. The van der Waals surface area contributed by atoms with E-state index < -0.39 is 0 Å². The van der Waals surface area contributed by atoms with Crippen molar-refractivity contribution in [1.29, 1.82) is 0 Å². The molecule has 28 heavy (non-hydrogen) atoms. The van der Waals surface area contributed by atoms with Gasteiger partial charge in [0.2, 0.25) is 0 Å². The summed E-state index contributed by atoms with van der Waals surface area (Å²) in [5.41, 5.74) is 2.13. The first-order valence-electron chi connectivity index (χ1n) is 11.1. The van der Waals surface area contributed by atoms with Crippen LogP contribution >= 0.6 is 11.6 Å². The quantitative estimate of drug-likeness (QED) is 0.808. The van der Waals surface area contributed by atoms with Gasteiger partial charge in [0.05, 0.1) is 10.6 Å². The van der Waals surface area contributed by atoms with Crippen LogP contribution in [0.1, 0.15) is 55.3 Å². The molecule has 0 spiro atoms. The first kappa shape index (κ1) is 17.6. The standard InChI is InChI=1S/C23H30ClN3O/c24-21-2-1-18(27-12-17-6-19(27)11-25-17)7-20(21)22(28)26-13-23-8-14-3-15(9-23)5-16(4-14)10-23/h1-2,7,14-17,19,25H,3-6,8-13H2,(H,26,28)/t14?,15?,16?,17-,19-,23?/m1/s1. The molecule has 6 aliphatic rings. The van der Waals surface area contributed by atoms with Gasteiger partial charge in [0.15, 0.2) is 0 Å². The van der Waals surface area contributed by atoms with Gasteiger partial charge in [-0.05, 0) is 86.3 Å². The van der Waals surface area contributed by atoms with Gasteiger partial charge in [-0.2, -0.15) is 0 Å². The number of nitrogens with one attached hydrogen (secondary N) is 2. The van der Waals surface area contributed by atoms with Crippen LogP contribution in [-0.4, -0.2) is 37.6 Å². The van der Waals surface area contributed by atoms with Crippen molar-refractivity contribution in [2.75, 3.05) is 24.5 Å². The van der Waals surface area contributed by atoms with Gasteiger partial charge in [-0.3, -0.25) is 4.79 Å². The molecule has 0 radical (unpaired) electrons. The van der Waals surface area contributed by atoms with Crippen LogP contribution in [0.5, 0.6) is 0 Å². The second-order valence-electron chi connectivity index (χ2n) is 10.4. The second-order valence-corrected chi connectivity index (χ2v) is 10.8. The zero-order chi connectivity index (χ0) is 18.9. The normalized spacial score (nSPS) is 40.3. The maximum atomic E-state index is 13.1. The smallest absolute Gasteiger partial charge is 0.252 e. The molecule has 6 fully saturated rings. The van der Waals surface area contributed by atoms with E-state index in [0.29, 0.717) is 28.1 Å². The Balaban J connectivity index is 1.17. The molecule has 4 aliphatic carbocycles. The minimum Gasteiger partial charge on any atom is -0.366 e. The van der Waals surface area contributed by atoms with E-state index in [-0.39, 0.29) is 5.91 Å². The molecule has 2 atom stereocenters. The van der Waals surface area contributed by atoms with Crippen LogP contribution in [0.3, 0.4) is 0 Å². The number of carbonyl (C=O) groups excluding carboxylic acids is 1. The molecule has 2 N–H and O–H groups in total. The van der Waals surface area contributed by atoms with Crippen molar-refractivity contribution in [3.05, 3.63) is 28.8 Å². The van der Waals surface area contributed by atoms with E-state index in [9.17, 15) is 4.79 Å². The van der Waals surface area contributed by atoms with E-state index >= 15 is 0 Å². The minimum absolute atomic E-state index is 0.00470. The van der Waals surface area contributed by atoms with Crippen molar-refractivity contribution in [2.24, 2.45) is 23.2 Å². The van der Waals surface area contributed by atoms with Crippen LogP contribution in [0.25, 0.3) is 0 Å². The summed E-state index contributed by atoms with van der Waals surface area (Å²) in [7, 11) is 0. The predicted octanol–water partition coefficient (Wildman–Crippen LogP) is 3.84. The molecule has 4 nitrogen and oxygen atoms in total. The van der Waals surface area contributed by atoms with Crippen molar-refractivity contribution >= 4 is 23.2 Å². The Bertz CT molecular complexity index is 774. The number of piperazine rings is 1. The number of rotatable bonds is 4. The summed E-state index contributed by atoms with van der Waals surface area (Å²) in [6.07, 6.45) is 9.47. The van der Waals surface area contributed by atoms with E-state index in [0.717, 1.165) is 43.1 Å². The summed E-state index contributed by atoms with van der Waals surface area (Å²) >= 11 is 6.44. The van der Waals surface area contributed by atoms with Gasteiger partial charge in [0, 0.05) is 37.4 Å². The first-order valence-corrected chi connectivity index (χ1v) is 11.5. The summed E-state index contributed by atoms with van der Waals surface area (Å²) in [6, 6.07) is 7.12. The number of hydrogen-bond donors (Lipinski definition) is 2. The summed E-state index contributed by atoms with van der Waals surface area (Å²) in [4.78, 5) is 15.5. The largest absolute Gasteiger partial charge is 0.366 e. The van der Waals surface area contributed by atoms with Gasteiger partial charge in [-0.15, -0.1) is 0 Å². The summed E-state index contributed by atoms with van der Waals surface area (Å²) in [5.74, 6) is 2.74. The fourth-order valence-electron chi connectivity index (χ4n) is 7.61. The third kappa shape index (κ3) is 2.87. The van der Waals surface area contributed by atoms with E-state index in [1.165, 1.54) is 44.9 Å². The Labute approximate surface area is 172 Å². The number of anilines is 1. The molecule has 0 aromatic heterocycles. The molecule has 0 unspecified atom stereocenters. The lowest BCUT2D eigenvalue weighted by Gasteiger charge is -2.56. The molecule has 2 saturated heterocycles. The molecule has 1 amide bonds. The van der Waals surface area contributed by atoms with E-state index in [2.05, 4.69) is 21.6 Å². The van der Waals surface area contributed by atoms with Crippen molar-refractivity contribution in [3.63, 3.8) is 0 Å². The average Bonchev–Trinajstić information content (AvgIpc) is 3.29. The van der Waals surface area contributed by atoms with Gasteiger partial charge in [-0.25, -0.2) is 0 Å². The minimum atomic E-state index is 0.00470. The lowest BCUT2D eigenvalue weighted by atomic mass is 9.49. The zero-order valence-electron chi connectivity index (χ0n) is 16.4. The molecule has 2 heterocycles. The third-order valence-electron chi connectivity index (χ3n) is 8.37. The molecule has 150 valence electrons. The first-order chi connectivity index (χ1) is 13.6. The zero-order valence-corrected chi connectivity index (χ0v) is 17.2. The maximum Gasteiger partial charge on any atom is 0.252 e. The fraction of sp³-hybridized carbons (Fsp3) is 0.696. The van der Waals surface area contributed by atoms with Gasteiger partial charge < -0.3 is 15.5 Å². The highest BCUT2D eigenvalue weighted by atomic mass is 35.5. The number of carbonyl (C=O) groups is 1. The van der Waals surface area contributed by atoms with E-state index in [1.807, 2.05) is 12.1 Å². The van der Waals surface area contributed by atoms with E-state index in [4.69, 9.17) is 11.6 Å². The molecule has 6 bridgehead atoms. The summed E-state index contributed by atoms with van der Waals surface area (Å²) in [5, 5.41) is 7.40. The maximum absolute atomic E-state index is 13.1. The summed E-state index contributed by atoms with van der Waals surface area (Å²) in [6.45, 7) is 2.90. The number of halogens is 1. The molecule has 1 aromatic carbocycles. The van der Waals surface area contributed by atoms with Crippen molar-refractivity contribution in [1.82, 2.24) is 10.6 Å². The second kappa shape index (κ2) is 6.37. The van der Waals surface area contributed by atoms with Gasteiger partial charge in [0.25, 0.3) is 5.91 Å². The van der Waals surface area contributed by atoms with Crippen LogP contribution in [0.4, 0.5) is 5.69 Å². The SMILES string of the molecule is O=C(NCC12CC3CC(CC(C3)C1)C2)c1cc(N2C[C@H]3C[C@@H]2CN3)ccc1Cl. The van der Waals surface area contributed by atoms with Crippen LogP contribution in [0, 0.1) is 23.2 Å². The summed E-state index contributed by atoms with van der Waals surface area (Å²) < 4.78 is 0. The molecule has 4 saturated carbocycles. The highest BCUT2D eigenvalue weighted by Crippen LogP contribution is 2.59. The lowest BCUT2D eigenvalue weighted by molar-refractivity contribution is -0.0503. The van der Waals surface area contributed by atoms with Crippen molar-refractivity contribution in [3.8, 4) is 0 Å². The van der Waals surface area contributed by atoms with Gasteiger partial charge in [0.1, 0.15) is 0 Å². The Kier molecular flexibility index (Phi) is 4.00. The predicted molar refractivity (Wildman–Crippen MR) is 112 cm³/mol. The van der Waals surface area contributed by atoms with Crippen molar-refractivity contribution < 1.29 is 4.79 Å². The van der Waals surface area contributed by atoms with Gasteiger partial charge >= 0.3 is 0 Å². The number of hydrogen-bond acceptors (Lipinski definition) is 3. The molecule has 5 heteroatoms. The highest BCUT2D eigenvalue weighted by Gasteiger charge is 2.50. The number of amides is 1. The Morgan fingerprint density at radius 1 is 1.14 bits per heavy atom. The topological polar surface area (TPSA) is 44.4 Å².